The van der Waals surface area contributed by atoms with Gasteiger partial charge in [-0.25, -0.2) is 0 Å². The van der Waals surface area contributed by atoms with Crippen molar-refractivity contribution in [3.63, 3.8) is 0 Å². The second kappa shape index (κ2) is 6.56. The molecule has 1 unspecified atom stereocenters. The van der Waals surface area contributed by atoms with Crippen LogP contribution in [0.15, 0.2) is 18.2 Å². The molecule has 4 nitrogen and oxygen atoms in total. The molecule has 0 saturated heterocycles. The maximum atomic E-state index is 5.71. The molecule has 0 aliphatic rings. The van der Waals surface area contributed by atoms with Crippen molar-refractivity contribution in [1.82, 2.24) is 4.90 Å². The Morgan fingerprint density at radius 1 is 1.50 bits per heavy atom. The molecule has 0 fully saturated rings. The van der Waals surface area contributed by atoms with Gasteiger partial charge in [-0.15, -0.1) is 0 Å². The van der Waals surface area contributed by atoms with Crippen LogP contribution in [0.5, 0.6) is 5.75 Å². The Bertz CT molecular complexity index is 421. The molecule has 0 aliphatic heterocycles. The summed E-state index contributed by atoms with van der Waals surface area (Å²) in [7, 11) is 5.74. The van der Waals surface area contributed by atoms with E-state index in [0.717, 1.165) is 23.5 Å². The van der Waals surface area contributed by atoms with Crippen LogP contribution in [-0.4, -0.2) is 43.7 Å². The molecular weight excluding hydrogens is 246 g/mol. The first-order valence-corrected chi connectivity index (χ1v) is 6.24. The van der Waals surface area contributed by atoms with E-state index in [1.165, 1.54) is 0 Å². The molecule has 0 radical (unpaired) electrons. The van der Waals surface area contributed by atoms with E-state index in [9.17, 15) is 0 Å². The summed E-state index contributed by atoms with van der Waals surface area (Å²) in [6.07, 6.45) is 0. The largest absolute Gasteiger partial charge is 0.497 e. The van der Waals surface area contributed by atoms with Gasteiger partial charge in [-0.05, 0) is 33.2 Å². The SMILES string of the molecule is COc1ccc(C(N)=S)c(NCC(C)N(C)C)c1. The molecule has 1 rings (SSSR count). The lowest BCUT2D eigenvalue weighted by atomic mass is 10.1. The summed E-state index contributed by atoms with van der Waals surface area (Å²) >= 11 is 5.05. The number of methoxy groups -OCH3 is 1. The lowest BCUT2D eigenvalue weighted by Gasteiger charge is -2.21. The van der Waals surface area contributed by atoms with Crippen molar-refractivity contribution < 1.29 is 4.74 Å². The summed E-state index contributed by atoms with van der Waals surface area (Å²) in [4.78, 5) is 2.53. The number of nitrogens with zero attached hydrogens (tertiary/aromatic N) is 1. The molecule has 0 bridgehead atoms. The van der Waals surface area contributed by atoms with E-state index < -0.39 is 0 Å². The van der Waals surface area contributed by atoms with Gasteiger partial charge in [0, 0.05) is 29.9 Å². The summed E-state index contributed by atoms with van der Waals surface area (Å²) < 4.78 is 5.21. The fourth-order valence-electron chi connectivity index (χ4n) is 1.45. The Kier molecular flexibility index (Phi) is 5.37. The van der Waals surface area contributed by atoms with Crippen LogP contribution >= 0.6 is 12.2 Å². The van der Waals surface area contributed by atoms with Crippen molar-refractivity contribution in [1.29, 1.82) is 0 Å². The number of rotatable bonds is 6. The van der Waals surface area contributed by atoms with Gasteiger partial charge in [-0.2, -0.15) is 0 Å². The zero-order valence-corrected chi connectivity index (χ0v) is 12.2. The van der Waals surface area contributed by atoms with Gasteiger partial charge in [0.15, 0.2) is 0 Å². The molecule has 3 N–H and O–H groups in total. The maximum Gasteiger partial charge on any atom is 0.120 e. The monoisotopic (exact) mass is 267 g/mol. The van der Waals surface area contributed by atoms with Crippen molar-refractivity contribution in [2.75, 3.05) is 33.1 Å². The van der Waals surface area contributed by atoms with E-state index in [1.54, 1.807) is 7.11 Å². The third-order valence-electron chi connectivity index (χ3n) is 2.96. The first-order chi connectivity index (χ1) is 8.45. The van der Waals surface area contributed by atoms with Crippen molar-refractivity contribution in [2.45, 2.75) is 13.0 Å². The first-order valence-electron chi connectivity index (χ1n) is 5.83. The van der Waals surface area contributed by atoms with Gasteiger partial charge in [0.2, 0.25) is 0 Å². The quantitative estimate of drug-likeness (QED) is 0.768. The summed E-state index contributed by atoms with van der Waals surface area (Å²) in [5.74, 6) is 0.787. The minimum absolute atomic E-state index is 0.387. The van der Waals surface area contributed by atoms with Crippen molar-refractivity contribution in [2.24, 2.45) is 5.73 Å². The van der Waals surface area contributed by atoms with E-state index in [2.05, 4.69) is 17.1 Å². The van der Waals surface area contributed by atoms with Crippen molar-refractivity contribution in [3.05, 3.63) is 23.8 Å². The van der Waals surface area contributed by atoms with Crippen LogP contribution in [0.25, 0.3) is 0 Å². The van der Waals surface area contributed by atoms with Crippen LogP contribution in [0.2, 0.25) is 0 Å². The number of ether oxygens (including phenoxy) is 1. The molecule has 0 spiro atoms. The zero-order valence-electron chi connectivity index (χ0n) is 11.4. The molecule has 1 atom stereocenters. The van der Waals surface area contributed by atoms with Gasteiger partial charge < -0.3 is 20.7 Å². The lowest BCUT2D eigenvalue weighted by Crippen LogP contribution is -2.32. The molecule has 100 valence electrons. The molecule has 0 aromatic heterocycles. The highest BCUT2D eigenvalue weighted by atomic mass is 32.1. The molecule has 0 heterocycles. The minimum atomic E-state index is 0.387. The van der Waals surface area contributed by atoms with Crippen LogP contribution in [0.4, 0.5) is 5.69 Å². The molecule has 0 saturated carbocycles. The highest BCUT2D eigenvalue weighted by Gasteiger charge is 2.09. The summed E-state index contributed by atoms with van der Waals surface area (Å²) in [6, 6.07) is 6.06. The fourth-order valence-corrected chi connectivity index (χ4v) is 1.63. The Hall–Kier alpha value is -1.33. The van der Waals surface area contributed by atoms with Gasteiger partial charge in [0.25, 0.3) is 0 Å². The van der Waals surface area contributed by atoms with Gasteiger partial charge >= 0.3 is 0 Å². The predicted molar refractivity (Wildman–Crippen MR) is 80.5 cm³/mol. The Morgan fingerprint density at radius 2 is 2.17 bits per heavy atom. The number of nitrogens with two attached hydrogens (primary N) is 1. The number of hydrogen-bond acceptors (Lipinski definition) is 4. The van der Waals surface area contributed by atoms with E-state index >= 15 is 0 Å². The molecule has 1 aromatic rings. The zero-order chi connectivity index (χ0) is 13.7. The Morgan fingerprint density at radius 3 is 2.67 bits per heavy atom. The maximum absolute atomic E-state index is 5.71. The van der Waals surface area contributed by atoms with Crippen LogP contribution in [0.1, 0.15) is 12.5 Å². The highest BCUT2D eigenvalue weighted by molar-refractivity contribution is 7.80. The normalized spacial score (nSPS) is 12.3. The third kappa shape index (κ3) is 3.85. The standard InChI is InChI=1S/C13H21N3OS/c1-9(16(2)3)8-15-12-7-10(17-4)5-6-11(12)13(14)18/h5-7,9,15H,8H2,1-4H3,(H2,14,18). The highest BCUT2D eigenvalue weighted by Crippen LogP contribution is 2.22. The Labute approximate surface area is 114 Å². The number of hydrogen-bond donors (Lipinski definition) is 2. The molecule has 0 aliphatic carbocycles. The van der Waals surface area contributed by atoms with Crippen molar-refractivity contribution in [3.8, 4) is 5.75 Å². The molecule has 5 heteroatoms. The second-order valence-corrected chi connectivity index (χ2v) is 4.91. The molecular formula is C13H21N3OS. The summed E-state index contributed by atoms with van der Waals surface area (Å²) in [5, 5.41) is 3.36. The van der Waals surface area contributed by atoms with Crippen LogP contribution < -0.4 is 15.8 Å². The van der Waals surface area contributed by atoms with E-state index in [-0.39, 0.29) is 0 Å². The van der Waals surface area contributed by atoms with E-state index in [1.807, 2.05) is 32.3 Å². The molecule has 18 heavy (non-hydrogen) atoms. The average Bonchev–Trinajstić information content (AvgIpc) is 2.34. The first kappa shape index (κ1) is 14.7. The van der Waals surface area contributed by atoms with Gasteiger partial charge in [0.05, 0.1) is 7.11 Å². The van der Waals surface area contributed by atoms with Crippen LogP contribution in [-0.2, 0) is 0 Å². The molecule has 0 amide bonds. The number of benzene rings is 1. The number of anilines is 1. The number of likely N-dealkylation sites (N-methyl/N-ethyl adjacent to an activating group) is 1. The van der Waals surface area contributed by atoms with Crippen molar-refractivity contribution >= 4 is 22.9 Å². The van der Waals surface area contributed by atoms with Gasteiger partial charge in [-0.3, -0.25) is 0 Å². The number of nitrogens with one attached hydrogen (secondary N) is 1. The lowest BCUT2D eigenvalue weighted by molar-refractivity contribution is 0.326. The van der Waals surface area contributed by atoms with Crippen LogP contribution in [0, 0.1) is 0 Å². The topological polar surface area (TPSA) is 50.5 Å². The summed E-state index contributed by atoms with van der Waals surface area (Å²) in [5.41, 5.74) is 7.47. The van der Waals surface area contributed by atoms with Crippen LogP contribution in [0.3, 0.4) is 0 Å². The van der Waals surface area contributed by atoms with Gasteiger partial charge in [-0.1, -0.05) is 12.2 Å². The predicted octanol–water partition coefficient (Wildman–Crippen LogP) is 1.69. The summed E-state index contributed by atoms with van der Waals surface area (Å²) in [6.45, 7) is 2.96. The third-order valence-corrected chi connectivity index (χ3v) is 3.18. The Balaban J connectivity index is 2.87. The molecule has 1 aromatic carbocycles. The van der Waals surface area contributed by atoms with E-state index in [4.69, 9.17) is 22.7 Å². The minimum Gasteiger partial charge on any atom is -0.497 e. The average molecular weight is 267 g/mol. The van der Waals surface area contributed by atoms with E-state index in [0.29, 0.717) is 11.0 Å². The smallest absolute Gasteiger partial charge is 0.120 e. The van der Waals surface area contributed by atoms with Gasteiger partial charge in [0.1, 0.15) is 10.7 Å². The number of thiocarbonyl (C=S) groups is 1. The fraction of sp³-hybridized carbons (Fsp3) is 0.462. The second-order valence-electron chi connectivity index (χ2n) is 4.47.